The second kappa shape index (κ2) is 8.84. The Balaban J connectivity index is 2.27. The topological polar surface area (TPSA) is 50.4 Å². The van der Waals surface area contributed by atoms with Gasteiger partial charge in [0.2, 0.25) is 0 Å². The third-order valence-electron chi connectivity index (χ3n) is 2.90. The normalized spacial score (nSPS) is 13.1. The smallest absolute Gasteiger partial charge is 0.0655 e. The van der Waals surface area contributed by atoms with E-state index in [-0.39, 0.29) is 0 Å². The Morgan fingerprint density at radius 1 is 1.28 bits per heavy atom. The first kappa shape index (κ1) is 14.9. The monoisotopic (exact) mass is 247 g/mol. The van der Waals surface area contributed by atoms with Gasteiger partial charge in [-0.15, -0.1) is 0 Å². The number of nitrogens with one attached hydrogen (secondary N) is 1. The third kappa shape index (κ3) is 5.94. The molecule has 18 heavy (non-hydrogen) atoms. The summed E-state index contributed by atoms with van der Waals surface area (Å²) in [5, 5.41) is 3.44. The van der Waals surface area contributed by atoms with Crippen LogP contribution in [0.4, 0.5) is 5.69 Å². The van der Waals surface area contributed by atoms with Crippen molar-refractivity contribution in [2.75, 3.05) is 13.1 Å². The number of aryl methyl sites for hydroxylation is 1. The van der Waals surface area contributed by atoms with Gasteiger partial charge in [0.15, 0.2) is 0 Å². The molecule has 0 aliphatic carbocycles. The van der Waals surface area contributed by atoms with E-state index in [1.54, 1.807) is 0 Å². The summed E-state index contributed by atoms with van der Waals surface area (Å²) in [5.74, 6) is 0. The minimum atomic E-state index is 0.308. The predicted octanol–water partition coefficient (Wildman–Crippen LogP) is 2.80. The predicted molar refractivity (Wildman–Crippen MR) is 79.7 cm³/mol. The van der Waals surface area contributed by atoms with Crippen LogP contribution in [0.2, 0.25) is 0 Å². The molecule has 1 unspecified atom stereocenters. The Morgan fingerprint density at radius 2 is 2.06 bits per heavy atom. The van der Waals surface area contributed by atoms with Gasteiger partial charge >= 0.3 is 0 Å². The van der Waals surface area contributed by atoms with Crippen molar-refractivity contribution in [1.29, 1.82) is 0 Å². The lowest BCUT2D eigenvalue weighted by Crippen LogP contribution is -2.28. The molecule has 0 aromatic heterocycles. The fraction of sp³-hybridized carbons (Fsp3) is 0.533. The molecule has 0 aliphatic rings. The SMILES string of the molecule is Cc1ccccc1N=CC(C)NCCCCCN. The molecule has 1 aromatic carbocycles. The lowest BCUT2D eigenvalue weighted by Gasteiger charge is -2.08. The molecular weight excluding hydrogens is 222 g/mol. The number of para-hydroxylation sites is 1. The van der Waals surface area contributed by atoms with Crippen molar-refractivity contribution >= 4 is 11.9 Å². The summed E-state index contributed by atoms with van der Waals surface area (Å²) in [6.45, 7) is 6.04. The van der Waals surface area contributed by atoms with Gasteiger partial charge in [0.1, 0.15) is 0 Å². The second-order valence-electron chi connectivity index (χ2n) is 4.66. The first-order valence-electron chi connectivity index (χ1n) is 6.77. The molecule has 1 rings (SSSR count). The van der Waals surface area contributed by atoms with Crippen LogP contribution in [0.25, 0.3) is 0 Å². The first-order valence-corrected chi connectivity index (χ1v) is 6.77. The summed E-state index contributed by atoms with van der Waals surface area (Å²) in [4.78, 5) is 4.51. The highest BCUT2D eigenvalue weighted by atomic mass is 14.9. The highest BCUT2D eigenvalue weighted by Gasteiger charge is 1.97. The van der Waals surface area contributed by atoms with Crippen LogP contribution >= 0.6 is 0 Å². The molecule has 1 atom stereocenters. The van der Waals surface area contributed by atoms with Crippen LogP contribution in [0.5, 0.6) is 0 Å². The molecule has 0 saturated carbocycles. The van der Waals surface area contributed by atoms with Crippen LogP contribution in [-0.2, 0) is 0 Å². The number of aliphatic imine (C=N–C) groups is 1. The lowest BCUT2D eigenvalue weighted by molar-refractivity contribution is 0.594. The zero-order valence-corrected chi connectivity index (χ0v) is 11.5. The van der Waals surface area contributed by atoms with Crippen LogP contribution in [-0.4, -0.2) is 25.3 Å². The van der Waals surface area contributed by atoms with Gasteiger partial charge in [-0.25, -0.2) is 0 Å². The number of nitrogens with zero attached hydrogens (tertiary/aromatic N) is 1. The molecule has 0 radical (unpaired) electrons. The average molecular weight is 247 g/mol. The number of hydrogen-bond acceptors (Lipinski definition) is 3. The van der Waals surface area contributed by atoms with Gasteiger partial charge in [-0.2, -0.15) is 0 Å². The van der Waals surface area contributed by atoms with Crippen molar-refractivity contribution in [2.24, 2.45) is 10.7 Å². The van der Waals surface area contributed by atoms with E-state index in [0.717, 1.165) is 25.2 Å². The largest absolute Gasteiger partial charge is 0.330 e. The molecule has 3 N–H and O–H groups in total. The molecule has 3 heteroatoms. The van der Waals surface area contributed by atoms with Crippen LogP contribution < -0.4 is 11.1 Å². The molecule has 100 valence electrons. The molecule has 0 heterocycles. The van der Waals surface area contributed by atoms with Gasteiger partial charge in [0.05, 0.1) is 5.69 Å². The van der Waals surface area contributed by atoms with Crippen LogP contribution in [0.15, 0.2) is 29.3 Å². The summed E-state index contributed by atoms with van der Waals surface area (Å²) in [6, 6.07) is 8.48. The van der Waals surface area contributed by atoms with Gasteiger partial charge in [-0.1, -0.05) is 24.6 Å². The summed E-state index contributed by atoms with van der Waals surface area (Å²) in [6.07, 6.45) is 5.48. The van der Waals surface area contributed by atoms with E-state index in [1.807, 2.05) is 24.4 Å². The van der Waals surface area contributed by atoms with Crippen LogP contribution in [0.3, 0.4) is 0 Å². The standard InChI is InChI=1S/C15H25N3/c1-13-8-4-5-9-15(13)18-12-14(2)17-11-7-3-6-10-16/h4-5,8-9,12,14,17H,3,6-7,10-11,16H2,1-2H3. The van der Waals surface area contributed by atoms with E-state index in [9.17, 15) is 0 Å². The van der Waals surface area contributed by atoms with Crippen molar-refractivity contribution in [2.45, 2.75) is 39.2 Å². The lowest BCUT2D eigenvalue weighted by atomic mass is 10.2. The van der Waals surface area contributed by atoms with E-state index in [0.29, 0.717) is 6.04 Å². The molecule has 0 bridgehead atoms. The third-order valence-corrected chi connectivity index (χ3v) is 2.90. The Labute approximate surface area is 111 Å². The number of benzene rings is 1. The molecular formula is C15H25N3. The molecule has 0 spiro atoms. The highest BCUT2D eigenvalue weighted by molar-refractivity contribution is 5.69. The Bertz CT molecular complexity index is 361. The van der Waals surface area contributed by atoms with E-state index < -0.39 is 0 Å². The van der Waals surface area contributed by atoms with Gasteiger partial charge in [0, 0.05) is 12.3 Å². The van der Waals surface area contributed by atoms with Gasteiger partial charge in [0.25, 0.3) is 0 Å². The molecule has 0 aliphatic heterocycles. The molecule has 0 amide bonds. The van der Waals surface area contributed by atoms with E-state index in [2.05, 4.69) is 30.2 Å². The Morgan fingerprint density at radius 3 is 2.78 bits per heavy atom. The van der Waals surface area contributed by atoms with Crippen LogP contribution in [0.1, 0.15) is 31.7 Å². The minimum absolute atomic E-state index is 0.308. The minimum Gasteiger partial charge on any atom is -0.330 e. The fourth-order valence-corrected chi connectivity index (χ4v) is 1.73. The quantitative estimate of drug-likeness (QED) is 0.548. The maximum absolute atomic E-state index is 5.46. The van der Waals surface area contributed by atoms with Gasteiger partial charge < -0.3 is 11.1 Å². The van der Waals surface area contributed by atoms with E-state index >= 15 is 0 Å². The zero-order chi connectivity index (χ0) is 13.2. The molecule has 3 nitrogen and oxygen atoms in total. The van der Waals surface area contributed by atoms with Crippen molar-refractivity contribution < 1.29 is 0 Å². The van der Waals surface area contributed by atoms with Crippen molar-refractivity contribution in [3.63, 3.8) is 0 Å². The van der Waals surface area contributed by atoms with Gasteiger partial charge in [-0.3, -0.25) is 4.99 Å². The highest BCUT2D eigenvalue weighted by Crippen LogP contribution is 2.16. The Hall–Kier alpha value is -1.19. The van der Waals surface area contributed by atoms with Crippen LogP contribution in [0, 0.1) is 6.92 Å². The maximum Gasteiger partial charge on any atom is 0.0655 e. The zero-order valence-electron chi connectivity index (χ0n) is 11.5. The molecule has 0 saturated heterocycles. The van der Waals surface area contributed by atoms with Crippen molar-refractivity contribution in [1.82, 2.24) is 5.32 Å². The second-order valence-corrected chi connectivity index (χ2v) is 4.66. The molecule has 1 aromatic rings. The number of hydrogen-bond donors (Lipinski definition) is 2. The maximum atomic E-state index is 5.46. The van der Waals surface area contributed by atoms with Crippen molar-refractivity contribution in [3.05, 3.63) is 29.8 Å². The Kier molecular flexibility index (Phi) is 7.30. The summed E-state index contributed by atoms with van der Waals surface area (Å²) in [7, 11) is 0. The van der Waals surface area contributed by atoms with Crippen molar-refractivity contribution in [3.8, 4) is 0 Å². The number of nitrogens with two attached hydrogens (primary N) is 1. The van der Waals surface area contributed by atoms with E-state index in [4.69, 9.17) is 5.73 Å². The average Bonchev–Trinajstić information content (AvgIpc) is 2.37. The first-order chi connectivity index (χ1) is 8.74. The van der Waals surface area contributed by atoms with E-state index in [1.165, 1.54) is 18.4 Å². The summed E-state index contributed by atoms with van der Waals surface area (Å²) < 4.78 is 0. The molecule has 0 fully saturated rings. The van der Waals surface area contributed by atoms with Gasteiger partial charge in [-0.05, 0) is 51.4 Å². The summed E-state index contributed by atoms with van der Waals surface area (Å²) in [5.41, 5.74) is 7.72. The number of unbranched alkanes of at least 4 members (excludes halogenated alkanes) is 2. The number of rotatable bonds is 8. The summed E-state index contributed by atoms with van der Waals surface area (Å²) >= 11 is 0. The fourth-order valence-electron chi connectivity index (χ4n) is 1.73.